The molecular formula is C16H28N2S. The quantitative estimate of drug-likeness (QED) is 0.875. The Kier molecular flexibility index (Phi) is 5.04. The smallest absolute Gasteiger partial charge is 0.0332 e. The van der Waals surface area contributed by atoms with Crippen molar-refractivity contribution >= 4 is 11.3 Å². The van der Waals surface area contributed by atoms with Crippen molar-refractivity contribution in [3.05, 3.63) is 22.4 Å². The summed E-state index contributed by atoms with van der Waals surface area (Å²) in [6.45, 7) is 11.6. The molecule has 1 N–H and O–H groups in total. The Morgan fingerprint density at radius 3 is 2.68 bits per heavy atom. The van der Waals surface area contributed by atoms with E-state index in [1.54, 1.807) is 0 Å². The number of hydrogen-bond acceptors (Lipinski definition) is 3. The standard InChI is InChI=1S/C16H28N2S/c1-5-15-10-17-16(6-2,7-3)12-18(15)13(4)14-8-9-19-11-14/h8-9,11,13,15,17H,5-7,10,12H2,1-4H3. The first-order valence-corrected chi connectivity index (χ1v) is 8.63. The third-order valence-electron chi connectivity index (χ3n) is 5.01. The highest BCUT2D eigenvalue weighted by Crippen LogP contribution is 2.32. The van der Waals surface area contributed by atoms with E-state index < -0.39 is 0 Å². The molecule has 108 valence electrons. The molecule has 0 radical (unpaired) electrons. The van der Waals surface area contributed by atoms with Crippen molar-refractivity contribution in [3.8, 4) is 0 Å². The molecule has 0 aliphatic carbocycles. The van der Waals surface area contributed by atoms with Crippen LogP contribution in [0.3, 0.4) is 0 Å². The van der Waals surface area contributed by atoms with Crippen LogP contribution in [0.1, 0.15) is 58.6 Å². The van der Waals surface area contributed by atoms with Gasteiger partial charge in [0.15, 0.2) is 0 Å². The normalized spacial score (nSPS) is 25.4. The van der Waals surface area contributed by atoms with Crippen molar-refractivity contribution in [1.82, 2.24) is 10.2 Å². The van der Waals surface area contributed by atoms with Gasteiger partial charge in [-0.15, -0.1) is 0 Å². The summed E-state index contributed by atoms with van der Waals surface area (Å²) in [7, 11) is 0. The summed E-state index contributed by atoms with van der Waals surface area (Å²) in [5.74, 6) is 0. The summed E-state index contributed by atoms with van der Waals surface area (Å²) in [6, 6.07) is 3.49. The van der Waals surface area contributed by atoms with Gasteiger partial charge >= 0.3 is 0 Å². The summed E-state index contributed by atoms with van der Waals surface area (Å²) in [5.41, 5.74) is 1.79. The van der Waals surface area contributed by atoms with Crippen LogP contribution in [0.15, 0.2) is 16.8 Å². The van der Waals surface area contributed by atoms with Gasteiger partial charge in [0.05, 0.1) is 0 Å². The van der Waals surface area contributed by atoms with Gasteiger partial charge in [-0.3, -0.25) is 4.90 Å². The van der Waals surface area contributed by atoms with Crippen LogP contribution in [0.5, 0.6) is 0 Å². The molecule has 2 heterocycles. The van der Waals surface area contributed by atoms with E-state index in [2.05, 4.69) is 54.7 Å². The lowest BCUT2D eigenvalue weighted by molar-refractivity contribution is 0.0401. The summed E-state index contributed by atoms with van der Waals surface area (Å²) in [4.78, 5) is 2.73. The zero-order valence-electron chi connectivity index (χ0n) is 12.8. The molecule has 0 saturated carbocycles. The molecule has 2 atom stereocenters. The van der Waals surface area contributed by atoms with Crippen LogP contribution >= 0.6 is 11.3 Å². The van der Waals surface area contributed by atoms with Crippen LogP contribution in [0.2, 0.25) is 0 Å². The van der Waals surface area contributed by atoms with Gasteiger partial charge in [-0.1, -0.05) is 20.8 Å². The molecule has 2 nitrogen and oxygen atoms in total. The molecule has 19 heavy (non-hydrogen) atoms. The molecule has 0 aromatic carbocycles. The van der Waals surface area contributed by atoms with E-state index in [0.29, 0.717) is 17.6 Å². The van der Waals surface area contributed by atoms with Crippen molar-refractivity contribution in [3.63, 3.8) is 0 Å². The molecule has 1 aromatic heterocycles. The van der Waals surface area contributed by atoms with Gasteiger partial charge in [-0.2, -0.15) is 11.3 Å². The Morgan fingerprint density at radius 2 is 2.16 bits per heavy atom. The minimum Gasteiger partial charge on any atom is -0.308 e. The molecule has 1 aliphatic rings. The van der Waals surface area contributed by atoms with Gasteiger partial charge in [-0.25, -0.2) is 0 Å². The lowest BCUT2D eigenvalue weighted by Crippen LogP contribution is -2.63. The Balaban J connectivity index is 2.18. The van der Waals surface area contributed by atoms with Crippen molar-refractivity contribution in [2.75, 3.05) is 13.1 Å². The van der Waals surface area contributed by atoms with Crippen LogP contribution in [-0.2, 0) is 0 Å². The number of hydrogen-bond donors (Lipinski definition) is 1. The highest BCUT2D eigenvalue weighted by Gasteiger charge is 2.38. The maximum Gasteiger partial charge on any atom is 0.0332 e. The molecular weight excluding hydrogens is 252 g/mol. The summed E-state index contributed by atoms with van der Waals surface area (Å²) in [5, 5.41) is 8.32. The number of thiophene rings is 1. The van der Waals surface area contributed by atoms with Gasteiger partial charge in [0, 0.05) is 30.7 Å². The van der Waals surface area contributed by atoms with Crippen molar-refractivity contribution in [1.29, 1.82) is 0 Å². The molecule has 1 aliphatic heterocycles. The average Bonchev–Trinajstić information content (AvgIpc) is 3.00. The van der Waals surface area contributed by atoms with Gasteiger partial charge in [0.1, 0.15) is 0 Å². The minimum atomic E-state index is 0.315. The van der Waals surface area contributed by atoms with Gasteiger partial charge in [-0.05, 0) is 48.6 Å². The monoisotopic (exact) mass is 280 g/mol. The number of nitrogens with one attached hydrogen (secondary N) is 1. The van der Waals surface area contributed by atoms with E-state index in [4.69, 9.17) is 0 Å². The second-order valence-corrected chi connectivity index (χ2v) is 6.62. The molecule has 0 amide bonds. The minimum absolute atomic E-state index is 0.315. The fraction of sp³-hybridized carbons (Fsp3) is 0.750. The zero-order chi connectivity index (χ0) is 13.9. The first kappa shape index (κ1) is 15.0. The first-order valence-electron chi connectivity index (χ1n) is 7.68. The van der Waals surface area contributed by atoms with E-state index in [1.165, 1.54) is 31.4 Å². The summed E-state index contributed by atoms with van der Waals surface area (Å²) >= 11 is 1.81. The average molecular weight is 280 g/mol. The number of nitrogens with zero attached hydrogens (tertiary/aromatic N) is 1. The molecule has 1 fully saturated rings. The van der Waals surface area contributed by atoms with E-state index in [1.807, 2.05) is 11.3 Å². The fourth-order valence-electron chi connectivity index (χ4n) is 3.25. The Bertz CT molecular complexity index is 370. The molecule has 0 spiro atoms. The Morgan fingerprint density at radius 1 is 1.42 bits per heavy atom. The predicted octanol–water partition coefficient (Wildman–Crippen LogP) is 4.05. The van der Waals surface area contributed by atoms with Crippen LogP contribution < -0.4 is 5.32 Å². The van der Waals surface area contributed by atoms with Crippen LogP contribution in [0.25, 0.3) is 0 Å². The number of rotatable bonds is 5. The first-order chi connectivity index (χ1) is 9.15. The van der Waals surface area contributed by atoms with Crippen molar-refractivity contribution in [2.24, 2.45) is 0 Å². The summed E-state index contributed by atoms with van der Waals surface area (Å²) < 4.78 is 0. The van der Waals surface area contributed by atoms with Gasteiger partial charge in [0.2, 0.25) is 0 Å². The molecule has 0 bridgehead atoms. The zero-order valence-corrected chi connectivity index (χ0v) is 13.6. The second kappa shape index (κ2) is 6.38. The summed E-state index contributed by atoms with van der Waals surface area (Å²) in [6.07, 6.45) is 3.66. The predicted molar refractivity (Wildman–Crippen MR) is 84.8 cm³/mol. The van der Waals surface area contributed by atoms with Crippen molar-refractivity contribution in [2.45, 2.75) is 64.6 Å². The maximum atomic E-state index is 3.82. The van der Waals surface area contributed by atoms with Crippen molar-refractivity contribution < 1.29 is 0 Å². The van der Waals surface area contributed by atoms with Crippen LogP contribution in [-0.4, -0.2) is 29.6 Å². The lowest BCUT2D eigenvalue weighted by atomic mass is 9.87. The molecule has 1 saturated heterocycles. The molecule has 1 aromatic rings. The van der Waals surface area contributed by atoms with E-state index in [-0.39, 0.29) is 0 Å². The molecule has 3 heteroatoms. The third kappa shape index (κ3) is 3.04. The topological polar surface area (TPSA) is 15.3 Å². The highest BCUT2D eigenvalue weighted by atomic mass is 32.1. The number of piperazine rings is 1. The van der Waals surface area contributed by atoms with Crippen LogP contribution in [0.4, 0.5) is 0 Å². The molecule has 2 unspecified atom stereocenters. The van der Waals surface area contributed by atoms with E-state index >= 15 is 0 Å². The van der Waals surface area contributed by atoms with E-state index in [0.717, 1.165) is 6.54 Å². The van der Waals surface area contributed by atoms with Gasteiger partial charge in [0.25, 0.3) is 0 Å². The third-order valence-corrected chi connectivity index (χ3v) is 5.72. The van der Waals surface area contributed by atoms with E-state index in [9.17, 15) is 0 Å². The van der Waals surface area contributed by atoms with Gasteiger partial charge < -0.3 is 5.32 Å². The SMILES string of the molecule is CCC1CNC(CC)(CC)CN1C(C)c1ccsc1. The Labute approximate surface area is 122 Å². The largest absolute Gasteiger partial charge is 0.308 e. The second-order valence-electron chi connectivity index (χ2n) is 5.84. The highest BCUT2D eigenvalue weighted by molar-refractivity contribution is 7.07. The molecule has 2 rings (SSSR count). The van der Waals surface area contributed by atoms with Crippen LogP contribution in [0, 0.1) is 0 Å². The maximum absolute atomic E-state index is 3.82. The lowest BCUT2D eigenvalue weighted by Gasteiger charge is -2.49. The fourth-order valence-corrected chi connectivity index (χ4v) is 3.99. The Hall–Kier alpha value is -0.380.